The van der Waals surface area contributed by atoms with Crippen LogP contribution in [-0.2, 0) is 4.74 Å². The van der Waals surface area contributed by atoms with E-state index in [0.29, 0.717) is 0 Å². The van der Waals surface area contributed by atoms with Gasteiger partial charge in [-0.15, -0.1) is 0 Å². The fraction of sp³-hybridized carbons (Fsp3) is 0.818. The van der Waals surface area contributed by atoms with Crippen molar-refractivity contribution < 1.29 is 4.74 Å². The molecule has 1 nitrogen and oxygen atoms in total. The average molecular weight is 170 g/mol. The maximum Gasteiger partial charge on any atom is 0.0920 e. The van der Waals surface area contributed by atoms with Crippen LogP contribution in [0.15, 0.2) is 11.3 Å². The highest BCUT2D eigenvalue weighted by Gasteiger charge is 2.14. The molecule has 0 aromatic heterocycles. The Morgan fingerprint density at radius 3 is 2.42 bits per heavy atom. The number of ether oxygens (including phenoxy) is 1. The van der Waals surface area contributed by atoms with Gasteiger partial charge in [0.25, 0.3) is 0 Å². The minimum atomic E-state index is 0.721. The van der Waals surface area contributed by atoms with Crippen LogP contribution in [0.25, 0.3) is 0 Å². The molecule has 1 aliphatic heterocycles. The molecule has 0 radical (unpaired) electrons. The summed E-state index contributed by atoms with van der Waals surface area (Å²) in [6.07, 6.45) is 2.39. The highest BCUT2D eigenvalue weighted by atomic mass is 16.5. The minimum absolute atomic E-state index is 0.721. The lowest BCUT2D eigenvalue weighted by Crippen LogP contribution is -2.13. The monoisotopic (exact) mass is 170 g/mol. The zero-order chi connectivity index (χ0) is 9.56. The maximum atomic E-state index is 5.47. The van der Waals surface area contributed by atoms with Gasteiger partial charge >= 0.3 is 0 Å². The van der Waals surface area contributed by atoms with Crippen molar-refractivity contribution in [1.29, 1.82) is 0 Å². The Bertz CT molecular complexity index is 147. The summed E-state index contributed by atoms with van der Waals surface area (Å²) >= 11 is 0. The quantitative estimate of drug-likeness (QED) is 0.582. The topological polar surface area (TPSA) is 9.23 Å². The van der Waals surface area contributed by atoms with Gasteiger partial charge in [-0.1, -0.05) is 27.7 Å². The molecule has 1 atom stereocenters. The standard InChI is InChI=1S/C9H16O.C2H6/c1-4-9-5-7(2)6-10-8(9)3;1-2/h7H,4-6H2,1-3H3;1-2H3. The van der Waals surface area contributed by atoms with E-state index in [1.165, 1.54) is 17.8 Å². The summed E-state index contributed by atoms with van der Waals surface area (Å²) in [5, 5.41) is 0. The lowest BCUT2D eigenvalue weighted by Gasteiger charge is -2.23. The Balaban J connectivity index is 0.000000561. The lowest BCUT2D eigenvalue weighted by molar-refractivity contribution is 0.148. The summed E-state index contributed by atoms with van der Waals surface area (Å²) < 4.78 is 5.47. The molecule has 72 valence electrons. The second-order valence-corrected chi connectivity index (χ2v) is 3.13. The van der Waals surface area contributed by atoms with Crippen LogP contribution in [0.2, 0.25) is 0 Å². The first-order chi connectivity index (χ1) is 5.74. The molecule has 0 saturated heterocycles. The molecule has 0 fully saturated rings. The molecule has 1 unspecified atom stereocenters. The first-order valence-corrected chi connectivity index (χ1v) is 5.05. The lowest BCUT2D eigenvalue weighted by atomic mass is 9.97. The summed E-state index contributed by atoms with van der Waals surface area (Å²) in [5.41, 5.74) is 1.50. The van der Waals surface area contributed by atoms with E-state index in [2.05, 4.69) is 20.8 Å². The van der Waals surface area contributed by atoms with Crippen molar-refractivity contribution in [3.8, 4) is 0 Å². The van der Waals surface area contributed by atoms with Crippen LogP contribution in [0.5, 0.6) is 0 Å². The summed E-state index contributed by atoms with van der Waals surface area (Å²) in [5.74, 6) is 1.89. The number of allylic oxidation sites excluding steroid dienone is 2. The fourth-order valence-corrected chi connectivity index (χ4v) is 1.39. The van der Waals surface area contributed by atoms with Gasteiger partial charge in [-0.3, -0.25) is 0 Å². The molecule has 0 aromatic carbocycles. The molecule has 0 aliphatic carbocycles. The molecule has 0 aromatic rings. The van der Waals surface area contributed by atoms with E-state index in [0.717, 1.165) is 18.9 Å². The van der Waals surface area contributed by atoms with Crippen LogP contribution in [0.1, 0.15) is 47.5 Å². The van der Waals surface area contributed by atoms with Crippen molar-refractivity contribution in [1.82, 2.24) is 0 Å². The fourth-order valence-electron chi connectivity index (χ4n) is 1.39. The molecule has 0 amide bonds. The van der Waals surface area contributed by atoms with E-state index in [9.17, 15) is 0 Å². The Hall–Kier alpha value is -0.460. The smallest absolute Gasteiger partial charge is 0.0920 e. The molecular weight excluding hydrogens is 148 g/mol. The Labute approximate surface area is 76.8 Å². The predicted molar refractivity (Wildman–Crippen MR) is 54.1 cm³/mol. The van der Waals surface area contributed by atoms with Gasteiger partial charge in [0.2, 0.25) is 0 Å². The SMILES string of the molecule is CC.CCC1=C(C)OCC(C)C1. The molecule has 0 saturated carbocycles. The van der Waals surface area contributed by atoms with Crippen molar-refractivity contribution in [3.05, 3.63) is 11.3 Å². The van der Waals surface area contributed by atoms with Crippen molar-refractivity contribution >= 4 is 0 Å². The van der Waals surface area contributed by atoms with Crippen LogP contribution < -0.4 is 0 Å². The molecule has 12 heavy (non-hydrogen) atoms. The Morgan fingerprint density at radius 1 is 1.42 bits per heavy atom. The zero-order valence-electron chi connectivity index (χ0n) is 9.11. The molecule has 0 bridgehead atoms. The van der Waals surface area contributed by atoms with Crippen LogP contribution in [0.3, 0.4) is 0 Å². The summed E-state index contributed by atoms with van der Waals surface area (Å²) in [6.45, 7) is 11.4. The van der Waals surface area contributed by atoms with Gasteiger partial charge < -0.3 is 4.74 Å². The summed E-state index contributed by atoms with van der Waals surface area (Å²) in [7, 11) is 0. The van der Waals surface area contributed by atoms with E-state index in [1.807, 2.05) is 13.8 Å². The highest BCUT2D eigenvalue weighted by molar-refractivity contribution is 5.09. The van der Waals surface area contributed by atoms with Crippen LogP contribution >= 0.6 is 0 Å². The van der Waals surface area contributed by atoms with Crippen LogP contribution in [0.4, 0.5) is 0 Å². The molecule has 1 heteroatoms. The Morgan fingerprint density at radius 2 is 2.00 bits per heavy atom. The van der Waals surface area contributed by atoms with Gasteiger partial charge in [-0.2, -0.15) is 0 Å². The van der Waals surface area contributed by atoms with Gasteiger partial charge in [0.1, 0.15) is 0 Å². The third-order valence-electron chi connectivity index (χ3n) is 2.10. The summed E-state index contributed by atoms with van der Waals surface area (Å²) in [6, 6.07) is 0. The van der Waals surface area contributed by atoms with Crippen molar-refractivity contribution in [2.24, 2.45) is 5.92 Å². The Kier molecular flexibility index (Phi) is 5.87. The average Bonchev–Trinajstić information content (AvgIpc) is 2.13. The van der Waals surface area contributed by atoms with E-state index >= 15 is 0 Å². The van der Waals surface area contributed by atoms with Crippen molar-refractivity contribution in [2.75, 3.05) is 6.61 Å². The normalized spacial score (nSPS) is 22.6. The molecular formula is C11H22O. The molecule has 0 N–H and O–H groups in total. The third kappa shape index (κ3) is 3.29. The zero-order valence-corrected chi connectivity index (χ0v) is 9.11. The molecule has 1 heterocycles. The van der Waals surface area contributed by atoms with E-state index < -0.39 is 0 Å². The van der Waals surface area contributed by atoms with Crippen LogP contribution in [0, 0.1) is 5.92 Å². The molecule has 1 rings (SSSR count). The van der Waals surface area contributed by atoms with Crippen molar-refractivity contribution in [3.63, 3.8) is 0 Å². The number of hydrogen-bond donors (Lipinski definition) is 0. The molecule has 0 spiro atoms. The van der Waals surface area contributed by atoms with Crippen molar-refractivity contribution in [2.45, 2.75) is 47.5 Å². The van der Waals surface area contributed by atoms with Gasteiger partial charge in [-0.25, -0.2) is 0 Å². The largest absolute Gasteiger partial charge is 0.498 e. The van der Waals surface area contributed by atoms with E-state index in [4.69, 9.17) is 4.74 Å². The second-order valence-electron chi connectivity index (χ2n) is 3.13. The second kappa shape index (κ2) is 6.10. The van der Waals surface area contributed by atoms with E-state index in [1.54, 1.807) is 0 Å². The highest BCUT2D eigenvalue weighted by Crippen LogP contribution is 2.24. The van der Waals surface area contributed by atoms with Gasteiger partial charge in [0, 0.05) is 0 Å². The van der Waals surface area contributed by atoms with E-state index in [-0.39, 0.29) is 0 Å². The van der Waals surface area contributed by atoms with Gasteiger partial charge in [0.05, 0.1) is 12.4 Å². The first-order valence-electron chi connectivity index (χ1n) is 5.05. The predicted octanol–water partition coefficient (Wildman–Crippen LogP) is 3.75. The van der Waals surface area contributed by atoms with Crippen LogP contribution in [-0.4, -0.2) is 6.61 Å². The number of hydrogen-bond acceptors (Lipinski definition) is 1. The van der Waals surface area contributed by atoms with Gasteiger partial charge in [0.15, 0.2) is 0 Å². The minimum Gasteiger partial charge on any atom is -0.498 e. The summed E-state index contributed by atoms with van der Waals surface area (Å²) in [4.78, 5) is 0. The first kappa shape index (κ1) is 11.5. The number of rotatable bonds is 1. The molecule has 1 aliphatic rings. The van der Waals surface area contributed by atoms with Gasteiger partial charge in [-0.05, 0) is 31.3 Å². The maximum absolute atomic E-state index is 5.47. The third-order valence-corrected chi connectivity index (χ3v) is 2.10.